The van der Waals surface area contributed by atoms with Crippen molar-refractivity contribution in [1.29, 1.82) is 0 Å². The van der Waals surface area contributed by atoms with Crippen LogP contribution in [0.5, 0.6) is 0 Å². The van der Waals surface area contributed by atoms with E-state index in [1.807, 2.05) is 0 Å². The van der Waals surface area contributed by atoms with Crippen molar-refractivity contribution in [3.8, 4) is 0 Å². The third-order valence-corrected chi connectivity index (χ3v) is 6.23. The maximum atomic E-state index is 2.33. The van der Waals surface area contributed by atoms with Crippen LogP contribution in [0.4, 0.5) is 0 Å². The van der Waals surface area contributed by atoms with Gasteiger partial charge >= 0.3 is 0 Å². The molecular weight excluding hydrogens is 312 g/mol. The predicted octanol–water partition coefficient (Wildman–Crippen LogP) is 5.88. The van der Waals surface area contributed by atoms with Gasteiger partial charge in [-0.15, -0.1) is 0 Å². The second kappa shape index (κ2) is 4.95. The lowest BCUT2D eigenvalue weighted by Gasteiger charge is -2.51. The molecule has 0 radical (unpaired) electrons. The molecular formula is C26H18. The van der Waals surface area contributed by atoms with E-state index in [0.29, 0.717) is 5.92 Å². The molecule has 122 valence electrons. The second-order valence-electron chi connectivity index (χ2n) is 7.31. The van der Waals surface area contributed by atoms with Crippen molar-refractivity contribution in [2.45, 2.75) is 11.3 Å². The Kier molecular flexibility index (Phi) is 2.69. The quantitative estimate of drug-likeness (QED) is 0.353. The van der Waals surface area contributed by atoms with Crippen molar-refractivity contribution >= 4 is 0 Å². The lowest BCUT2D eigenvalue weighted by Crippen LogP contribution is -2.42. The minimum absolute atomic E-state index is 0.222. The predicted molar refractivity (Wildman–Crippen MR) is 106 cm³/mol. The van der Waals surface area contributed by atoms with Gasteiger partial charge in [-0.05, 0) is 38.9 Å². The molecule has 0 fully saturated rings. The van der Waals surface area contributed by atoms with Gasteiger partial charge in [-0.3, -0.25) is 0 Å². The summed E-state index contributed by atoms with van der Waals surface area (Å²) in [6, 6.07) is 38.1. The molecule has 0 saturated carbocycles. The summed E-state index contributed by atoms with van der Waals surface area (Å²) in [6.07, 6.45) is 0. The molecule has 2 bridgehead atoms. The lowest BCUT2D eigenvalue weighted by molar-refractivity contribution is 0.629. The summed E-state index contributed by atoms with van der Waals surface area (Å²) < 4.78 is 0. The number of rotatable bonds is 1. The van der Waals surface area contributed by atoms with Crippen LogP contribution in [0.1, 0.15) is 44.9 Å². The normalized spacial score (nSPS) is 21.6. The third kappa shape index (κ3) is 1.51. The van der Waals surface area contributed by atoms with Gasteiger partial charge in [0, 0.05) is 5.92 Å². The van der Waals surface area contributed by atoms with Crippen LogP contribution >= 0.6 is 0 Å². The SMILES string of the molecule is c1ccc(C23c4ccccc4C(c4ccccc42)c2ccccc23)cc1. The summed E-state index contributed by atoms with van der Waals surface area (Å²) in [7, 11) is 0. The van der Waals surface area contributed by atoms with Gasteiger partial charge in [-0.1, -0.05) is 103 Å². The molecule has 7 rings (SSSR count). The largest absolute Gasteiger partial charge is 0.0710 e. The molecule has 0 heteroatoms. The first-order valence-electron chi connectivity index (χ1n) is 9.26. The van der Waals surface area contributed by atoms with Crippen molar-refractivity contribution in [3.63, 3.8) is 0 Å². The van der Waals surface area contributed by atoms with E-state index in [4.69, 9.17) is 0 Å². The van der Waals surface area contributed by atoms with Crippen molar-refractivity contribution in [1.82, 2.24) is 0 Å². The highest BCUT2D eigenvalue weighted by molar-refractivity contribution is 5.75. The minimum atomic E-state index is -0.222. The zero-order chi connectivity index (χ0) is 17.1. The van der Waals surface area contributed by atoms with E-state index < -0.39 is 0 Å². The van der Waals surface area contributed by atoms with E-state index in [9.17, 15) is 0 Å². The summed E-state index contributed by atoms with van der Waals surface area (Å²) in [5.74, 6) is 0.337. The summed E-state index contributed by atoms with van der Waals surface area (Å²) in [4.78, 5) is 0. The average Bonchev–Trinajstić information content (AvgIpc) is 2.74. The smallest absolute Gasteiger partial charge is 0.0622 e. The van der Waals surface area contributed by atoms with Crippen LogP contribution in [0, 0.1) is 0 Å². The maximum absolute atomic E-state index is 2.33. The van der Waals surface area contributed by atoms with Gasteiger partial charge in [-0.25, -0.2) is 0 Å². The van der Waals surface area contributed by atoms with E-state index >= 15 is 0 Å². The minimum Gasteiger partial charge on any atom is -0.0622 e. The van der Waals surface area contributed by atoms with Gasteiger partial charge in [0.2, 0.25) is 0 Å². The summed E-state index contributed by atoms with van der Waals surface area (Å²) in [6.45, 7) is 0. The Morgan fingerprint density at radius 3 is 1.27 bits per heavy atom. The van der Waals surface area contributed by atoms with Crippen molar-refractivity contribution in [3.05, 3.63) is 142 Å². The van der Waals surface area contributed by atoms with E-state index in [2.05, 4.69) is 103 Å². The maximum Gasteiger partial charge on any atom is 0.0710 e. The summed E-state index contributed by atoms with van der Waals surface area (Å²) in [5, 5.41) is 0. The number of benzene rings is 4. The van der Waals surface area contributed by atoms with Crippen molar-refractivity contribution in [2.24, 2.45) is 0 Å². The third-order valence-electron chi connectivity index (χ3n) is 6.23. The van der Waals surface area contributed by atoms with Crippen molar-refractivity contribution < 1.29 is 0 Å². The highest BCUT2D eigenvalue weighted by atomic mass is 14.5. The first-order chi connectivity index (χ1) is 12.9. The molecule has 3 aliphatic rings. The molecule has 0 atom stereocenters. The van der Waals surface area contributed by atoms with E-state index in [-0.39, 0.29) is 5.41 Å². The molecule has 0 spiro atoms. The van der Waals surface area contributed by atoms with Gasteiger partial charge in [0.05, 0.1) is 5.41 Å². The first kappa shape index (κ1) is 14.1. The van der Waals surface area contributed by atoms with Gasteiger partial charge in [0.1, 0.15) is 0 Å². The fraction of sp³-hybridized carbons (Fsp3) is 0.0769. The van der Waals surface area contributed by atoms with Gasteiger partial charge < -0.3 is 0 Å². The Morgan fingerprint density at radius 2 is 0.808 bits per heavy atom. The fourth-order valence-corrected chi connectivity index (χ4v) is 5.36. The molecule has 3 aliphatic carbocycles. The topological polar surface area (TPSA) is 0 Å². The summed E-state index contributed by atoms with van der Waals surface area (Å²) in [5.41, 5.74) is 9.80. The van der Waals surface area contributed by atoms with Gasteiger partial charge in [0.25, 0.3) is 0 Å². The van der Waals surface area contributed by atoms with Crippen LogP contribution in [-0.2, 0) is 5.41 Å². The van der Waals surface area contributed by atoms with Crippen LogP contribution < -0.4 is 0 Å². The van der Waals surface area contributed by atoms with E-state index in [1.165, 1.54) is 38.9 Å². The molecule has 0 saturated heterocycles. The molecule has 26 heavy (non-hydrogen) atoms. The van der Waals surface area contributed by atoms with E-state index in [0.717, 1.165) is 0 Å². The Bertz CT molecular complexity index is 1020. The number of hydrogen-bond acceptors (Lipinski definition) is 0. The molecule has 0 aliphatic heterocycles. The average molecular weight is 330 g/mol. The molecule has 0 unspecified atom stereocenters. The molecule has 0 amide bonds. The Hall–Kier alpha value is -3.12. The first-order valence-corrected chi connectivity index (χ1v) is 9.26. The molecule has 0 N–H and O–H groups in total. The Balaban J connectivity index is 1.87. The van der Waals surface area contributed by atoms with Gasteiger partial charge in [0.15, 0.2) is 0 Å². The molecule has 0 heterocycles. The molecule has 0 aromatic heterocycles. The van der Waals surface area contributed by atoms with Crippen LogP contribution in [-0.4, -0.2) is 0 Å². The van der Waals surface area contributed by atoms with Crippen LogP contribution in [0.3, 0.4) is 0 Å². The molecule has 0 nitrogen and oxygen atoms in total. The van der Waals surface area contributed by atoms with Crippen LogP contribution in [0.15, 0.2) is 103 Å². The highest BCUT2D eigenvalue weighted by Gasteiger charge is 2.52. The monoisotopic (exact) mass is 330 g/mol. The second-order valence-corrected chi connectivity index (χ2v) is 7.31. The Morgan fingerprint density at radius 1 is 0.423 bits per heavy atom. The molecule has 4 aromatic carbocycles. The fourth-order valence-electron chi connectivity index (χ4n) is 5.36. The van der Waals surface area contributed by atoms with Crippen molar-refractivity contribution in [2.75, 3.05) is 0 Å². The zero-order valence-corrected chi connectivity index (χ0v) is 14.4. The Labute approximate surface area is 153 Å². The van der Waals surface area contributed by atoms with E-state index in [1.54, 1.807) is 0 Å². The van der Waals surface area contributed by atoms with Crippen LogP contribution in [0.2, 0.25) is 0 Å². The van der Waals surface area contributed by atoms with Crippen LogP contribution in [0.25, 0.3) is 0 Å². The highest BCUT2D eigenvalue weighted by Crippen LogP contribution is 2.61. The number of hydrogen-bond donors (Lipinski definition) is 0. The lowest BCUT2D eigenvalue weighted by atomic mass is 9.51. The molecule has 4 aromatic rings. The standard InChI is InChI=1S/C26H18/c1-2-10-18(11-3-1)26-22-15-7-4-12-19(22)25(20-13-5-8-16-23(20)26)21-14-6-9-17-24(21)26/h1-17,25H. The van der Waals surface area contributed by atoms with Gasteiger partial charge in [-0.2, -0.15) is 0 Å². The zero-order valence-electron chi connectivity index (χ0n) is 14.4. The summed E-state index contributed by atoms with van der Waals surface area (Å²) >= 11 is 0.